The van der Waals surface area contributed by atoms with Crippen LogP contribution >= 0.6 is 11.3 Å². The van der Waals surface area contributed by atoms with Gasteiger partial charge >= 0.3 is 0 Å². The Morgan fingerprint density at radius 1 is 0.943 bits per heavy atom. The van der Waals surface area contributed by atoms with Gasteiger partial charge in [0.25, 0.3) is 5.56 Å². The lowest BCUT2D eigenvalue weighted by Gasteiger charge is -2.28. The first-order valence-corrected chi connectivity index (χ1v) is 12.3. The van der Waals surface area contributed by atoms with E-state index in [1.807, 2.05) is 80.6 Å². The number of para-hydroxylation sites is 2. The summed E-state index contributed by atoms with van der Waals surface area (Å²) in [6.45, 7) is 4.19. The molecule has 0 fully saturated rings. The molecule has 2 heterocycles. The smallest absolute Gasteiger partial charge is 0.262 e. The van der Waals surface area contributed by atoms with Gasteiger partial charge in [0, 0.05) is 13.0 Å². The standard InChI is InChI=1S/C27H25N5O2S/c1-3-32-24(33)19-13-7-8-14-20(19)29-26(32)31-30-25(34)27(2,18-11-5-4-6-12-18)17-23-28-21-15-9-10-16-22(21)35-23/h4-16H,3,17H2,1-2H3,(H,29,31)(H,30,34). The molecule has 5 aromatic rings. The number of hydrogen-bond acceptors (Lipinski definition) is 6. The topological polar surface area (TPSA) is 88.9 Å². The molecule has 35 heavy (non-hydrogen) atoms. The maximum Gasteiger partial charge on any atom is 0.262 e. The summed E-state index contributed by atoms with van der Waals surface area (Å²) in [5.41, 5.74) is 7.05. The molecule has 1 atom stereocenters. The lowest BCUT2D eigenvalue weighted by molar-refractivity contribution is -0.125. The van der Waals surface area contributed by atoms with Crippen LogP contribution in [0.5, 0.6) is 0 Å². The molecule has 0 aliphatic rings. The number of nitrogens with one attached hydrogen (secondary N) is 2. The highest BCUT2D eigenvalue weighted by Crippen LogP contribution is 2.32. The van der Waals surface area contributed by atoms with Crippen molar-refractivity contribution in [1.82, 2.24) is 20.0 Å². The van der Waals surface area contributed by atoms with Crippen LogP contribution in [0.25, 0.3) is 21.1 Å². The van der Waals surface area contributed by atoms with E-state index in [-0.39, 0.29) is 11.5 Å². The Morgan fingerprint density at radius 3 is 2.37 bits per heavy atom. The van der Waals surface area contributed by atoms with Crippen molar-refractivity contribution in [3.8, 4) is 0 Å². The number of carbonyl (C=O) groups is 1. The molecule has 8 heteroatoms. The Hall–Kier alpha value is -4.04. The molecule has 1 amide bonds. The SMILES string of the molecule is CCn1c(NNC(=O)C(C)(Cc2nc3ccccc3s2)c2ccccc2)nc2ccccc2c1=O. The second-order valence-corrected chi connectivity index (χ2v) is 9.65. The first-order valence-electron chi connectivity index (χ1n) is 11.5. The molecule has 176 valence electrons. The number of hydrogen-bond donors (Lipinski definition) is 2. The molecule has 0 aliphatic heterocycles. The lowest BCUT2D eigenvalue weighted by Crippen LogP contribution is -2.47. The van der Waals surface area contributed by atoms with E-state index in [1.54, 1.807) is 23.5 Å². The summed E-state index contributed by atoms with van der Waals surface area (Å²) in [5.74, 6) is 0.0490. The zero-order valence-corrected chi connectivity index (χ0v) is 20.3. The van der Waals surface area contributed by atoms with E-state index in [1.165, 1.54) is 4.57 Å². The Kier molecular flexibility index (Phi) is 6.05. The maximum absolute atomic E-state index is 13.7. The second kappa shape index (κ2) is 9.31. The van der Waals surface area contributed by atoms with Crippen LogP contribution in [0.15, 0.2) is 83.7 Å². The van der Waals surface area contributed by atoms with E-state index in [9.17, 15) is 9.59 Å². The molecule has 1 unspecified atom stereocenters. The van der Waals surface area contributed by atoms with Crippen molar-refractivity contribution in [2.24, 2.45) is 0 Å². The van der Waals surface area contributed by atoms with Crippen molar-refractivity contribution < 1.29 is 4.79 Å². The highest BCUT2D eigenvalue weighted by molar-refractivity contribution is 7.18. The summed E-state index contributed by atoms with van der Waals surface area (Å²) in [5, 5.41) is 1.41. The summed E-state index contributed by atoms with van der Waals surface area (Å²) in [6.07, 6.45) is 0.426. The number of benzene rings is 3. The van der Waals surface area contributed by atoms with Gasteiger partial charge < -0.3 is 0 Å². The lowest BCUT2D eigenvalue weighted by atomic mass is 9.79. The summed E-state index contributed by atoms with van der Waals surface area (Å²) < 4.78 is 2.60. The molecule has 0 bridgehead atoms. The predicted octanol–water partition coefficient (Wildman–Crippen LogP) is 4.67. The van der Waals surface area contributed by atoms with Crippen LogP contribution in [0.1, 0.15) is 24.4 Å². The molecule has 3 aromatic carbocycles. The number of thiazole rings is 1. The third kappa shape index (κ3) is 4.28. The van der Waals surface area contributed by atoms with Gasteiger partial charge in [-0.3, -0.25) is 25.0 Å². The van der Waals surface area contributed by atoms with Crippen molar-refractivity contribution in [3.63, 3.8) is 0 Å². The molecule has 2 N–H and O–H groups in total. The van der Waals surface area contributed by atoms with Crippen LogP contribution in [0.2, 0.25) is 0 Å². The van der Waals surface area contributed by atoms with Gasteiger partial charge in [-0.1, -0.05) is 54.6 Å². The average Bonchev–Trinajstić information content (AvgIpc) is 3.30. The Balaban J connectivity index is 1.47. The fourth-order valence-corrected chi connectivity index (χ4v) is 5.35. The number of amides is 1. The second-order valence-electron chi connectivity index (χ2n) is 8.53. The highest BCUT2D eigenvalue weighted by atomic mass is 32.1. The minimum absolute atomic E-state index is 0.157. The molecule has 5 rings (SSSR count). The predicted molar refractivity (Wildman–Crippen MR) is 141 cm³/mol. The molecule has 0 aliphatic carbocycles. The number of hydrazine groups is 1. The largest absolute Gasteiger partial charge is 0.277 e. The van der Waals surface area contributed by atoms with Crippen LogP contribution in [0, 0.1) is 0 Å². The zero-order valence-electron chi connectivity index (χ0n) is 19.5. The maximum atomic E-state index is 13.7. The van der Waals surface area contributed by atoms with E-state index < -0.39 is 5.41 Å². The molecular formula is C27H25N5O2S. The summed E-state index contributed by atoms with van der Waals surface area (Å²) in [6, 6.07) is 24.8. The van der Waals surface area contributed by atoms with E-state index >= 15 is 0 Å². The van der Waals surface area contributed by atoms with Gasteiger partial charge in [-0.15, -0.1) is 11.3 Å². The van der Waals surface area contributed by atoms with Gasteiger partial charge in [0.1, 0.15) is 0 Å². The van der Waals surface area contributed by atoms with Gasteiger partial charge in [-0.2, -0.15) is 0 Å². The third-order valence-corrected chi connectivity index (χ3v) is 7.26. The number of fused-ring (bicyclic) bond motifs is 2. The monoisotopic (exact) mass is 483 g/mol. The van der Waals surface area contributed by atoms with Crippen molar-refractivity contribution in [2.45, 2.75) is 32.2 Å². The summed E-state index contributed by atoms with van der Waals surface area (Å²) in [4.78, 5) is 36.0. The normalized spacial score (nSPS) is 13.0. The Morgan fingerprint density at radius 2 is 1.63 bits per heavy atom. The molecule has 7 nitrogen and oxygen atoms in total. The number of nitrogens with zero attached hydrogens (tertiary/aromatic N) is 3. The van der Waals surface area contributed by atoms with Gasteiger partial charge in [0.15, 0.2) is 0 Å². The minimum atomic E-state index is -0.906. The summed E-state index contributed by atoms with van der Waals surface area (Å²) in [7, 11) is 0. The quantitative estimate of drug-likeness (QED) is 0.329. The van der Waals surface area contributed by atoms with Crippen LogP contribution < -0.4 is 16.4 Å². The third-order valence-electron chi connectivity index (χ3n) is 6.22. The zero-order chi connectivity index (χ0) is 24.4. The molecule has 0 spiro atoms. The summed E-state index contributed by atoms with van der Waals surface area (Å²) >= 11 is 1.59. The first kappa shape index (κ1) is 22.7. The molecule has 0 radical (unpaired) electrons. The number of carbonyl (C=O) groups excluding carboxylic acids is 1. The van der Waals surface area contributed by atoms with E-state index in [0.717, 1.165) is 20.8 Å². The van der Waals surface area contributed by atoms with Crippen LogP contribution in [0.4, 0.5) is 5.95 Å². The highest BCUT2D eigenvalue weighted by Gasteiger charge is 2.37. The number of anilines is 1. The van der Waals surface area contributed by atoms with Gasteiger partial charge in [-0.05, 0) is 43.7 Å². The molecule has 0 saturated heterocycles. The fraction of sp³-hybridized carbons (Fsp3) is 0.185. The van der Waals surface area contributed by atoms with Gasteiger partial charge in [0.2, 0.25) is 11.9 Å². The average molecular weight is 484 g/mol. The van der Waals surface area contributed by atoms with Crippen LogP contribution in [-0.4, -0.2) is 20.4 Å². The minimum Gasteiger partial charge on any atom is -0.277 e. The van der Waals surface area contributed by atoms with Crippen molar-refractivity contribution >= 4 is 44.3 Å². The Bertz CT molecular complexity index is 1540. The van der Waals surface area contributed by atoms with Crippen LogP contribution in [0.3, 0.4) is 0 Å². The van der Waals surface area contributed by atoms with Crippen LogP contribution in [-0.2, 0) is 23.2 Å². The number of aromatic nitrogens is 3. The van der Waals surface area contributed by atoms with Gasteiger partial charge in [0.05, 0.1) is 31.5 Å². The van der Waals surface area contributed by atoms with E-state index in [0.29, 0.717) is 29.8 Å². The van der Waals surface area contributed by atoms with Crippen molar-refractivity contribution in [3.05, 3.63) is 99.8 Å². The van der Waals surface area contributed by atoms with Crippen molar-refractivity contribution in [2.75, 3.05) is 5.43 Å². The molecular weight excluding hydrogens is 458 g/mol. The van der Waals surface area contributed by atoms with E-state index in [2.05, 4.69) is 15.8 Å². The van der Waals surface area contributed by atoms with Gasteiger partial charge in [-0.25, -0.2) is 9.97 Å². The van der Waals surface area contributed by atoms with E-state index in [4.69, 9.17) is 4.98 Å². The Labute approximate surface area is 206 Å². The first-order chi connectivity index (χ1) is 17.0. The number of rotatable bonds is 7. The molecule has 2 aromatic heterocycles. The fourth-order valence-electron chi connectivity index (χ4n) is 4.22. The van der Waals surface area contributed by atoms with Crippen molar-refractivity contribution in [1.29, 1.82) is 0 Å². The molecule has 0 saturated carbocycles.